The highest BCUT2D eigenvalue weighted by Gasteiger charge is 2.36. The molecule has 0 aromatic heterocycles. The van der Waals surface area contributed by atoms with Gasteiger partial charge in [-0.1, -0.05) is 0 Å². The van der Waals surface area contributed by atoms with Crippen LogP contribution in [0.3, 0.4) is 0 Å². The molecule has 0 atom stereocenters. The average Bonchev–Trinajstić information content (AvgIpc) is 2.37. The number of nitrogens with one attached hydrogen (secondary N) is 1. The number of hydrogen-bond acceptors (Lipinski definition) is 5. The lowest BCUT2D eigenvalue weighted by Crippen LogP contribution is -2.51. The Balaban J connectivity index is 2.23. The van der Waals surface area contributed by atoms with Gasteiger partial charge in [-0.3, -0.25) is 0 Å². The third-order valence-corrected chi connectivity index (χ3v) is 6.50. The minimum atomic E-state index is -3.61. The predicted octanol–water partition coefficient (Wildman–Crippen LogP) is -0.792. The van der Waals surface area contributed by atoms with Gasteiger partial charge in [-0.2, -0.15) is 4.31 Å². The van der Waals surface area contributed by atoms with Gasteiger partial charge in [-0.05, 0) is 31.3 Å². The molecule has 0 amide bonds. The molecule has 2 N–H and O–H groups in total. The Bertz CT molecular complexity index is 676. The van der Waals surface area contributed by atoms with Gasteiger partial charge in [0.2, 0.25) is 20.0 Å². The van der Waals surface area contributed by atoms with Crippen molar-refractivity contribution in [1.29, 1.82) is 0 Å². The van der Waals surface area contributed by atoms with E-state index in [1.54, 1.807) is 0 Å². The van der Waals surface area contributed by atoms with Crippen LogP contribution in [-0.2, 0) is 20.0 Å². The van der Waals surface area contributed by atoms with Crippen LogP contribution in [0.5, 0.6) is 0 Å². The summed E-state index contributed by atoms with van der Waals surface area (Å²) in [6.45, 7) is 0.538. The zero-order chi connectivity index (χ0) is 15.0. The van der Waals surface area contributed by atoms with E-state index in [0.29, 0.717) is 0 Å². The Morgan fingerprint density at radius 1 is 1.15 bits per heavy atom. The van der Waals surface area contributed by atoms with Gasteiger partial charge in [0.05, 0.1) is 9.79 Å². The van der Waals surface area contributed by atoms with Crippen molar-refractivity contribution >= 4 is 20.0 Å². The fraction of sp³-hybridized carbons (Fsp3) is 0.455. The highest BCUT2D eigenvalue weighted by Crippen LogP contribution is 2.25. The Kier molecular flexibility index (Phi) is 4.17. The Morgan fingerprint density at radius 3 is 2.10 bits per heavy atom. The number of aliphatic hydroxyl groups is 1. The van der Waals surface area contributed by atoms with Gasteiger partial charge in [0.25, 0.3) is 0 Å². The monoisotopic (exact) mass is 320 g/mol. The van der Waals surface area contributed by atoms with Crippen LogP contribution in [0, 0.1) is 5.92 Å². The number of nitrogens with zero attached hydrogens (tertiary/aromatic N) is 1. The summed E-state index contributed by atoms with van der Waals surface area (Å²) in [7, 11) is -5.90. The molecule has 9 heteroatoms. The summed E-state index contributed by atoms with van der Waals surface area (Å²) in [5.74, 6) is -0.0197. The highest BCUT2D eigenvalue weighted by atomic mass is 32.2. The first-order chi connectivity index (χ1) is 9.31. The van der Waals surface area contributed by atoms with Crippen LogP contribution in [0.4, 0.5) is 0 Å². The van der Waals surface area contributed by atoms with Crippen molar-refractivity contribution in [3.8, 4) is 0 Å². The molecule has 112 valence electrons. The summed E-state index contributed by atoms with van der Waals surface area (Å²) >= 11 is 0. The van der Waals surface area contributed by atoms with Gasteiger partial charge in [0.15, 0.2) is 0 Å². The Hall–Kier alpha value is -1.00. The Labute approximate surface area is 118 Å². The lowest BCUT2D eigenvalue weighted by atomic mass is 10.1. The number of sulfonamides is 2. The molecule has 0 aliphatic carbocycles. The van der Waals surface area contributed by atoms with Crippen LogP contribution in [0.15, 0.2) is 34.1 Å². The van der Waals surface area contributed by atoms with Crippen molar-refractivity contribution in [2.45, 2.75) is 9.79 Å². The van der Waals surface area contributed by atoms with E-state index in [-0.39, 0.29) is 35.4 Å². The zero-order valence-electron chi connectivity index (χ0n) is 10.9. The Morgan fingerprint density at radius 2 is 1.65 bits per heavy atom. The fourth-order valence-corrected chi connectivity index (χ4v) is 4.21. The topological polar surface area (TPSA) is 104 Å². The summed E-state index contributed by atoms with van der Waals surface area (Å²) < 4.78 is 50.9. The van der Waals surface area contributed by atoms with E-state index in [4.69, 9.17) is 5.11 Å². The summed E-state index contributed by atoms with van der Waals surface area (Å²) in [5, 5.41) is 8.90. The van der Waals surface area contributed by atoms with Crippen LogP contribution in [0.1, 0.15) is 0 Å². The molecule has 0 spiro atoms. The van der Waals surface area contributed by atoms with Gasteiger partial charge in [0.1, 0.15) is 0 Å². The van der Waals surface area contributed by atoms with E-state index in [0.717, 1.165) is 0 Å². The first-order valence-corrected chi connectivity index (χ1v) is 8.88. The molecule has 0 radical (unpaired) electrons. The molecular weight excluding hydrogens is 304 g/mol. The maximum Gasteiger partial charge on any atom is 0.243 e. The second-order valence-corrected chi connectivity index (χ2v) is 8.37. The molecule has 0 saturated carbocycles. The van der Waals surface area contributed by atoms with Crippen LogP contribution < -0.4 is 4.72 Å². The smallest absolute Gasteiger partial charge is 0.243 e. The minimum Gasteiger partial charge on any atom is -0.396 e. The second-order valence-electron chi connectivity index (χ2n) is 4.55. The van der Waals surface area contributed by atoms with E-state index < -0.39 is 20.0 Å². The number of benzene rings is 1. The molecule has 1 fully saturated rings. The lowest BCUT2D eigenvalue weighted by molar-refractivity contribution is 0.117. The van der Waals surface area contributed by atoms with Gasteiger partial charge in [-0.25, -0.2) is 21.6 Å². The number of aliphatic hydroxyl groups excluding tert-OH is 1. The molecule has 1 aromatic rings. The normalized spacial score (nSPS) is 17.9. The molecule has 1 saturated heterocycles. The largest absolute Gasteiger partial charge is 0.396 e. The van der Waals surface area contributed by atoms with Gasteiger partial charge in [0, 0.05) is 25.6 Å². The molecule has 1 aliphatic heterocycles. The summed E-state index contributed by atoms with van der Waals surface area (Å²) in [6.07, 6.45) is 0. The van der Waals surface area contributed by atoms with Gasteiger partial charge in [-0.15, -0.1) is 0 Å². The summed E-state index contributed by atoms with van der Waals surface area (Å²) in [4.78, 5) is 0.0553. The second kappa shape index (κ2) is 5.41. The van der Waals surface area contributed by atoms with Gasteiger partial charge < -0.3 is 5.11 Å². The van der Waals surface area contributed by atoms with Crippen molar-refractivity contribution in [2.75, 3.05) is 26.7 Å². The highest BCUT2D eigenvalue weighted by molar-refractivity contribution is 7.89. The van der Waals surface area contributed by atoms with Crippen LogP contribution in [0.2, 0.25) is 0 Å². The maximum absolute atomic E-state index is 12.2. The van der Waals surface area contributed by atoms with E-state index in [2.05, 4.69) is 4.72 Å². The molecule has 1 aromatic carbocycles. The van der Waals surface area contributed by atoms with Crippen molar-refractivity contribution in [3.05, 3.63) is 24.3 Å². The molecule has 2 rings (SSSR count). The third-order valence-electron chi connectivity index (χ3n) is 3.22. The number of hydrogen-bond donors (Lipinski definition) is 2. The molecule has 7 nitrogen and oxygen atoms in total. The average molecular weight is 320 g/mol. The fourth-order valence-electron chi connectivity index (χ4n) is 1.89. The van der Waals surface area contributed by atoms with Crippen LogP contribution in [0.25, 0.3) is 0 Å². The van der Waals surface area contributed by atoms with E-state index in [9.17, 15) is 16.8 Å². The minimum absolute atomic E-state index is 0.00999. The van der Waals surface area contributed by atoms with E-state index >= 15 is 0 Å². The van der Waals surface area contributed by atoms with E-state index in [1.807, 2.05) is 0 Å². The first-order valence-electron chi connectivity index (χ1n) is 5.96. The lowest BCUT2D eigenvalue weighted by Gasteiger charge is -2.36. The molecule has 1 aliphatic rings. The van der Waals surface area contributed by atoms with Crippen molar-refractivity contribution < 1.29 is 21.9 Å². The maximum atomic E-state index is 12.2. The van der Waals surface area contributed by atoms with Crippen molar-refractivity contribution in [2.24, 2.45) is 5.92 Å². The number of rotatable bonds is 5. The molecular formula is C11H16N2O5S2. The van der Waals surface area contributed by atoms with Crippen LogP contribution >= 0.6 is 0 Å². The molecule has 0 unspecified atom stereocenters. The summed E-state index contributed by atoms with van der Waals surface area (Å²) in [6, 6.07) is 5.04. The SMILES string of the molecule is CNS(=O)(=O)c1ccc(S(=O)(=O)N2CC(CO)C2)cc1. The molecule has 0 bridgehead atoms. The van der Waals surface area contributed by atoms with Crippen LogP contribution in [-0.4, -0.2) is 53.0 Å². The first kappa shape index (κ1) is 15.4. The van der Waals surface area contributed by atoms with Crippen molar-refractivity contribution in [3.63, 3.8) is 0 Å². The summed E-state index contributed by atoms with van der Waals surface area (Å²) in [5.41, 5.74) is 0. The predicted molar refractivity (Wildman–Crippen MR) is 72.0 cm³/mol. The molecule has 1 heterocycles. The zero-order valence-corrected chi connectivity index (χ0v) is 12.5. The quantitative estimate of drug-likeness (QED) is 0.740. The van der Waals surface area contributed by atoms with Crippen molar-refractivity contribution in [1.82, 2.24) is 9.03 Å². The molecule has 20 heavy (non-hydrogen) atoms. The van der Waals surface area contributed by atoms with E-state index in [1.165, 1.54) is 35.6 Å². The standard InChI is InChI=1S/C11H16N2O5S2/c1-12-19(15,16)10-2-4-11(5-3-10)20(17,18)13-6-9(7-13)8-14/h2-5,9,12,14H,6-8H2,1H3. The van der Waals surface area contributed by atoms with Gasteiger partial charge >= 0.3 is 0 Å². The third kappa shape index (κ3) is 2.72.